The second-order valence-corrected chi connectivity index (χ2v) is 5.47. The SMILES string of the molecule is CCc1nc(NC(=O)c2ccc(=O)n(CC)n2)sc1C(=O)OC. The molecule has 1 N–H and O–H groups in total. The lowest BCUT2D eigenvalue weighted by molar-refractivity contribution is 0.0604. The molecule has 2 heterocycles. The van der Waals surface area contributed by atoms with Crippen molar-refractivity contribution in [2.24, 2.45) is 0 Å². The summed E-state index contributed by atoms with van der Waals surface area (Å²) in [5.74, 6) is -0.988. The lowest BCUT2D eigenvalue weighted by Crippen LogP contribution is -2.25. The van der Waals surface area contributed by atoms with Gasteiger partial charge in [0.05, 0.1) is 12.8 Å². The fourth-order valence-corrected chi connectivity index (χ4v) is 2.82. The van der Waals surface area contributed by atoms with E-state index in [1.807, 2.05) is 6.92 Å². The molecule has 122 valence electrons. The van der Waals surface area contributed by atoms with Gasteiger partial charge < -0.3 is 4.74 Å². The quantitative estimate of drug-likeness (QED) is 0.826. The van der Waals surface area contributed by atoms with Crippen molar-refractivity contribution in [2.75, 3.05) is 12.4 Å². The number of nitrogens with one attached hydrogen (secondary N) is 1. The van der Waals surface area contributed by atoms with Crippen LogP contribution in [0.1, 0.15) is 39.7 Å². The van der Waals surface area contributed by atoms with Gasteiger partial charge in [0.15, 0.2) is 5.13 Å². The number of rotatable bonds is 5. The molecule has 0 atom stereocenters. The fourth-order valence-electron chi connectivity index (χ4n) is 1.85. The third kappa shape index (κ3) is 3.62. The maximum absolute atomic E-state index is 12.2. The molecule has 0 aromatic carbocycles. The molecule has 8 nitrogen and oxygen atoms in total. The largest absolute Gasteiger partial charge is 0.465 e. The number of hydrogen-bond donors (Lipinski definition) is 1. The molecule has 2 aromatic heterocycles. The van der Waals surface area contributed by atoms with E-state index >= 15 is 0 Å². The molecule has 0 fully saturated rings. The highest BCUT2D eigenvalue weighted by molar-refractivity contribution is 7.17. The predicted octanol–water partition coefficient (Wildman–Crippen LogP) is 1.32. The van der Waals surface area contributed by atoms with Crippen molar-refractivity contribution in [1.82, 2.24) is 14.8 Å². The number of carbonyl (C=O) groups excluding carboxylic acids is 2. The number of nitrogens with zero attached hydrogens (tertiary/aromatic N) is 3. The first kappa shape index (κ1) is 16.8. The van der Waals surface area contributed by atoms with Crippen LogP contribution >= 0.6 is 11.3 Å². The van der Waals surface area contributed by atoms with E-state index in [4.69, 9.17) is 4.74 Å². The number of anilines is 1. The molecular formula is C14H16N4O4S. The summed E-state index contributed by atoms with van der Waals surface area (Å²) in [5.41, 5.74) is 0.377. The van der Waals surface area contributed by atoms with Crippen molar-refractivity contribution < 1.29 is 14.3 Å². The standard InChI is InChI=1S/C14H16N4O4S/c1-4-8-11(13(21)22-3)23-14(15-8)16-12(20)9-6-7-10(19)18(5-2)17-9/h6-7H,4-5H2,1-3H3,(H,15,16,20). The molecule has 1 amide bonds. The van der Waals surface area contributed by atoms with E-state index in [0.717, 1.165) is 11.3 Å². The Morgan fingerprint density at radius 3 is 2.70 bits per heavy atom. The Bertz CT molecular complexity index is 796. The van der Waals surface area contributed by atoms with Crippen LogP contribution in [0.15, 0.2) is 16.9 Å². The Morgan fingerprint density at radius 1 is 1.35 bits per heavy atom. The number of thiazole rings is 1. The second kappa shape index (κ2) is 7.14. The summed E-state index contributed by atoms with van der Waals surface area (Å²) >= 11 is 1.04. The van der Waals surface area contributed by atoms with Crippen LogP contribution in [0.2, 0.25) is 0 Å². The summed E-state index contributed by atoms with van der Waals surface area (Å²) in [4.78, 5) is 39.9. The molecular weight excluding hydrogens is 320 g/mol. The number of aromatic nitrogens is 3. The monoisotopic (exact) mass is 336 g/mol. The molecule has 0 aliphatic carbocycles. The zero-order valence-corrected chi connectivity index (χ0v) is 13.8. The first-order chi connectivity index (χ1) is 11.0. The number of aryl methyl sites for hydroxylation is 2. The van der Waals surface area contributed by atoms with Crippen LogP contribution in [0.5, 0.6) is 0 Å². The van der Waals surface area contributed by atoms with Crippen molar-refractivity contribution >= 4 is 28.3 Å². The van der Waals surface area contributed by atoms with Gasteiger partial charge in [0.25, 0.3) is 11.5 Å². The average molecular weight is 336 g/mol. The molecule has 9 heteroatoms. The van der Waals surface area contributed by atoms with Gasteiger partial charge in [0.2, 0.25) is 0 Å². The zero-order valence-electron chi connectivity index (χ0n) is 13.0. The number of amides is 1. The van der Waals surface area contributed by atoms with Gasteiger partial charge in [-0.3, -0.25) is 14.9 Å². The lowest BCUT2D eigenvalue weighted by atomic mass is 10.3. The average Bonchev–Trinajstić information content (AvgIpc) is 2.97. The van der Waals surface area contributed by atoms with E-state index < -0.39 is 11.9 Å². The van der Waals surface area contributed by atoms with Gasteiger partial charge in [-0.15, -0.1) is 0 Å². The topological polar surface area (TPSA) is 103 Å². The third-order valence-corrected chi connectivity index (χ3v) is 4.02. The van der Waals surface area contributed by atoms with Gasteiger partial charge in [-0.25, -0.2) is 14.5 Å². The Balaban J connectivity index is 2.25. The third-order valence-electron chi connectivity index (χ3n) is 3.02. The number of methoxy groups -OCH3 is 1. The highest BCUT2D eigenvalue weighted by Gasteiger charge is 2.19. The van der Waals surface area contributed by atoms with Gasteiger partial charge in [-0.2, -0.15) is 5.10 Å². The smallest absolute Gasteiger partial charge is 0.350 e. The highest BCUT2D eigenvalue weighted by atomic mass is 32.1. The normalized spacial score (nSPS) is 10.4. The molecule has 0 spiro atoms. The van der Waals surface area contributed by atoms with Crippen molar-refractivity contribution in [3.63, 3.8) is 0 Å². The van der Waals surface area contributed by atoms with Crippen LogP contribution in [0, 0.1) is 0 Å². The van der Waals surface area contributed by atoms with E-state index in [1.165, 1.54) is 23.9 Å². The summed E-state index contributed by atoms with van der Waals surface area (Å²) in [6, 6.07) is 2.63. The summed E-state index contributed by atoms with van der Waals surface area (Å²) in [5, 5.41) is 6.83. The maximum atomic E-state index is 12.2. The van der Waals surface area contributed by atoms with Crippen LogP contribution in [-0.2, 0) is 17.7 Å². The van der Waals surface area contributed by atoms with Crippen LogP contribution in [0.25, 0.3) is 0 Å². The van der Waals surface area contributed by atoms with Gasteiger partial charge in [0.1, 0.15) is 10.6 Å². The zero-order chi connectivity index (χ0) is 17.0. The predicted molar refractivity (Wildman–Crippen MR) is 85.0 cm³/mol. The first-order valence-corrected chi connectivity index (χ1v) is 7.79. The molecule has 0 aliphatic rings. The van der Waals surface area contributed by atoms with E-state index in [1.54, 1.807) is 6.92 Å². The minimum atomic E-state index is -0.500. The van der Waals surface area contributed by atoms with Gasteiger partial charge in [0, 0.05) is 12.6 Å². The molecule has 0 saturated heterocycles. The van der Waals surface area contributed by atoms with Crippen LogP contribution in [-0.4, -0.2) is 33.8 Å². The molecule has 0 bridgehead atoms. The second-order valence-electron chi connectivity index (χ2n) is 4.47. The van der Waals surface area contributed by atoms with Crippen molar-refractivity contribution in [3.8, 4) is 0 Å². The Labute approximate surface area is 136 Å². The van der Waals surface area contributed by atoms with Gasteiger partial charge >= 0.3 is 5.97 Å². The summed E-state index contributed by atoms with van der Waals surface area (Å²) < 4.78 is 5.88. The summed E-state index contributed by atoms with van der Waals surface area (Å²) in [6.45, 7) is 3.97. The Hall–Kier alpha value is -2.55. The van der Waals surface area contributed by atoms with Crippen molar-refractivity contribution in [3.05, 3.63) is 38.8 Å². The molecule has 0 unspecified atom stereocenters. The minimum absolute atomic E-state index is 0.0966. The van der Waals surface area contributed by atoms with Crippen LogP contribution in [0.4, 0.5) is 5.13 Å². The highest BCUT2D eigenvalue weighted by Crippen LogP contribution is 2.24. The Morgan fingerprint density at radius 2 is 2.09 bits per heavy atom. The number of esters is 1. The fraction of sp³-hybridized carbons (Fsp3) is 0.357. The molecule has 2 rings (SSSR count). The summed E-state index contributed by atoms with van der Waals surface area (Å²) in [7, 11) is 1.29. The molecule has 0 radical (unpaired) electrons. The van der Waals surface area contributed by atoms with Crippen molar-refractivity contribution in [2.45, 2.75) is 26.8 Å². The van der Waals surface area contributed by atoms with Gasteiger partial charge in [-0.1, -0.05) is 18.3 Å². The van der Waals surface area contributed by atoms with Crippen LogP contribution < -0.4 is 10.9 Å². The van der Waals surface area contributed by atoms with E-state index in [9.17, 15) is 14.4 Å². The van der Waals surface area contributed by atoms with E-state index in [0.29, 0.717) is 23.5 Å². The van der Waals surface area contributed by atoms with E-state index in [-0.39, 0.29) is 16.4 Å². The molecule has 2 aromatic rings. The van der Waals surface area contributed by atoms with Crippen molar-refractivity contribution in [1.29, 1.82) is 0 Å². The summed E-state index contributed by atoms with van der Waals surface area (Å²) in [6.07, 6.45) is 0.537. The molecule has 23 heavy (non-hydrogen) atoms. The van der Waals surface area contributed by atoms with Gasteiger partial charge in [-0.05, 0) is 19.4 Å². The maximum Gasteiger partial charge on any atom is 0.350 e. The number of hydrogen-bond acceptors (Lipinski definition) is 7. The van der Waals surface area contributed by atoms with Crippen LogP contribution in [0.3, 0.4) is 0 Å². The lowest BCUT2D eigenvalue weighted by Gasteiger charge is -2.04. The first-order valence-electron chi connectivity index (χ1n) is 6.97. The number of carbonyl (C=O) groups is 2. The number of ether oxygens (including phenoxy) is 1. The minimum Gasteiger partial charge on any atom is -0.465 e. The molecule has 0 saturated carbocycles. The Kier molecular flexibility index (Phi) is 5.22. The van der Waals surface area contributed by atoms with E-state index in [2.05, 4.69) is 15.4 Å². The molecule has 0 aliphatic heterocycles.